The van der Waals surface area contributed by atoms with Crippen LogP contribution in [-0.4, -0.2) is 41.0 Å². The van der Waals surface area contributed by atoms with Gasteiger partial charge < -0.3 is 20.5 Å². The van der Waals surface area contributed by atoms with Crippen LogP contribution in [0.5, 0.6) is 0 Å². The lowest BCUT2D eigenvalue weighted by Gasteiger charge is -2.21. The summed E-state index contributed by atoms with van der Waals surface area (Å²) in [5, 5.41) is 7.28. The Hall–Kier alpha value is -2.93. The molecule has 1 atom stereocenters. The molecule has 7 heteroatoms. The molecule has 2 aromatic heterocycles. The first kappa shape index (κ1) is 16.3. The third-order valence-electron chi connectivity index (χ3n) is 5.60. The van der Waals surface area contributed by atoms with Gasteiger partial charge in [0, 0.05) is 61.5 Å². The van der Waals surface area contributed by atoms with E-state index in [-0.39, 0.29) is 11.8 Å². The first-order valence-corrected chi connectivity index (χ1v) is 9.38. The topological polar surface area (TPSA) is 85.9 Å². The summed E-state index contributed by atoms with van der Waals surface area (Å²) in [6.07, 6.45) is 2.84. The van der Waals surface area contributed by atoms with Crippen LogP contribution in [0.1, 0.15) is 17.7 Å². The zero-order chi connectivity index (χ0) is 18.4. The van der Waals surface area contributed by atoms with Gasteiger partial charge in [-0.25, -0.2) is 9.97 Å². The van der Waals surface area contributed by atoms with E-state index in [1.807, 2.05) is 18.3 Å². The Labute approximate surface area is 157 Å². The average molecular weight is 362 g/mol. The van der Waals surface area contributed by atoms with Crippen molar-refractivity contribution >= 4 is 22.6 Å². The largest absolute Gasteiger partial charge is 0.360 e. The number of nitrogens with zero attached hydrogens (tertiary/aromatic N) is 3. The van der Waals surface area contributed by atoms with Gasteiger partial charge in [0.15, 0.2) is 5.82 Å². The van der Waals surface area contributed by atoms with Crippen molar-refractivity contribution in [2.24, 2.45) is 5.92 Å². The van der Waals surface area contributed by atoms with Gasteiger partial charge >= 0.3 is 0 Å². The summed E-state index contributed by atoms with van der Waals surface area (Å²) in [7, 11) is 1.70. The number of anilines is 1. The van der Waals surface area contributed by atoms with E-state index in [1.54, 1.807) is 7.05 Å². The van der Waals surface area contributed by atoms with Gasteiger partial charge in [-0.3, -0.25) is 4.79 Å². The Morgan fingerprint density at radius 3 is 3.04 bits per heavy atom. The number of amides is 1. The molecule has 0 saturated carbocycles. The third kappa shape index (κ3) is 2.66. The second kappa shape index (κ2) is 6.35. The predicted octanol–water partition coefficient (Wildman–Crippen LogP) is 1.80. The number of benzene rings is 1. The van der Waals surface area contributed by atoms with Crippen LogP contribution in [0.3, 0.4) is 0 Å². The fourth-order valence-corrected chi connectivity index (χ4v) is 4.16. The molecule has 138 valence electrons. The van der Waals surface area contributed by atoms with E-state index in [0.29, 0.717) is 6.54 Å². The predicted molar refractivity (Wildman–Crippen MR) is 104 cm³/mol. The van der Waals surface area contributed by atoms with Gasteiger partial charge in [0.25, 0.3) is 0 Å². The molecule has 0 aliphatic carbocycles. The molecule has 1 unspecified atom stereocenters. The van der Waals surface area contributed by atoms with Gasteiger partial charge in [-0.2, -0.15) is 0 Å². The van der Waals surface area contributed by atoms with Gasteiger partial charge in [0.2, 0.25) is 5.91 Å². The molecule has 1 amide bonds. The van der Waals surface area contributed by atoms with Crippen molar-refractivity contribution in [3.8, 4) is 11.4 Å². The van der Waals surface area contributed by atoms with Crippen LogP contribution < -0.4 is 15.5 Å². The van der Waals surface area contributed by atoms with Gasteiger partial charge in [0.1, 0.15) is 5.82 Å². The summed E-state index contributed by atoms with van der Waals surface area (Å²) in [5.74, 6) is 1.84. The van der Waals surface area contributed by atoms with E-state index in [0.717, 1.165) is 65.4 Å². The molecule has 0 radical (unpaired) electrons. The molecular formula is C20H22N6O. The Balaban J connectivity index is 1.58. The molecule has 0 spiro atoms. The van der Waals surface area contributed by atoms with Crippen LogP contribution in [0.2, 0.25) is 0 Å². The van der Waals surface area contributed by atoms with E-state index in [2.05, 4.69) is 32.7 Å². The van der Waals surface area contributed by atoms with Crippen LogP contribution in [0.25, 0.3) is 22.3 Å². The molecule has 0 bridgehead atoms. The lowest BCUT2D eigenvalue weighted by molar-refractivity contribution is -0.123. The number of para-hydroxylation sites is 1. The summed E-state index contributed by atoms with van der Waals surface area (Å²) in [4.78, 5) is 27.4. The minimum absolute atomic E-state index is 0.0199. The Kier molecular flexibility index (Phi) is 3.82. The highest BCUT2D eigenvalue weighted by Gasteiger charge is 2.32. The molecule has 2 aliphatic rings. The molecule has 2 aliphatic heterocycles. The zero-order valence-corrected chi connectivity index (χ0v) is 15.2. The third-order valence-corrected chi connectivity index (χ3v) is 5.60. The highest BCUT2D eigenvalue weighted by atomic mass is 16.1. The zero-order valence-electron chi connectivity index (χ0n) is 15.2. The fraction of sp³-hybridized carbons (Fsp3) is 0.350. The van der Waals surface area contributed by atoms with Gasteiger partial charge in [0.05, 0.1) is 11.6 Å². The SMILES string of the molecule is CNC(=O)C1CCN(c2nc(-c3c[nH]c4ccccc34)nc3c2CNC3)C1. The number of hydrogen-bond donors (Lipinski definition) is 3. The van der Waals surface area contributed by atoms with Crippen LogP contribution in [0, 0.1) is 5.92 Å². The monoisotopic (exact) mass is 362 g/mol. The molecule has 1 aromatic carbocycles. The van der Waals surface area contributed by atoms with Crippen molar-refractivity contribution in [2.45, 2.75) is 19.5 Å². The molecule has 1 fully saturated rings. The average Bonchev–Trinajstić information content (AvgIpc) is 3.45. The number of hydrogen-bond acceptors (Lipinski definition) is 5. The van der Waals surface area contributed by atoms with Crippen LogP contribution >= 0.6 is 0 Å². The molecular weight excluding hydrogens is 340 g/mol. The first-order valence-electron chi connectivity index (χ1n) is 9.38. The minimum atomic E-state index is 0.0199. The van der Waals surface area contributed by atoms with E-state index in [9.17, 15) is 4.79 Å². The normalized spacial score (nSPS) is 18.9. The summed E-state index contributed by atoms with van der Waals surface area (Å²) >= 11 is 0. The van der Waals surface area contributed by atoms with Gasteiger partial charge in [-0.15, -0.1) is 0 Å². The maximum Gasteiger partial charge on any atom is 0.224 e. The van der Waals surface area contributed by atoms with E-state index >= 15 is 0 Å². The van der Waals surface area contributed by atoms with Crippen molar-refractivity contribution in [3.05, 3.63) is 41.7 Å². The second-order valence-corrected chi connectivity index (χ2v) is 7.19. The van der Waals surface area contributed by atoms with Crippen LogP contribution in [0.15, 0.2) is 30.5 Å². The number of rotatable bonds is 3. The Bertz CT molecular complexity index is 1030. The lowest BCUT2D eigenvalue weighted by Crippen LogP contribution is -2.30. The number of fused-ring (bicyclic) bond motifs is 2. The van der Waals surface area contributed by atoms with E-state index < -0.39 is 0 Å². The molecule has 4 heterocycles. The number of carbonyl (C=O) groups excluding carboxylic acids is 1. The Morgan fingerprint density at radius 2 is 2.15 bits per heavy atom. The number of aromatic amines is 1. The number of nitrogens with one attached hydrogen (secondary N) is 3. The highest BCUT2D eigenvalue weighted by Crippen LogP contribution is 2.33. The van der Waals surface area contributed by atoms with Crippen LogP contribution in [0.4, 0.5) is 5.82 Å². The quantitative estimate of drug-likeness (QED) is 0.661. The Morgan fingerprint density at radius 1 is 1.26 bits per heavy atom. The number of carbonyl (C=O) groups is 1. The van der Waals surface area contributed by atoms with Crippen molar-refractivity contribution < 1.29 is 4.79 Å². The minimum Gasteiger partial charge on any atom is -0.360 e. The van der Waals surface area contributed by atoms with Crippen molar-refractivity contribution in [2.75, 3.05) is 25.0 Å². The molecule has 7 nitrogen and oxygen atoms in total. The van der Waals surface area contributed by atoms with Gasteiger partial charge in [-0.1, -0.05) is 18.2 Å². The second-order valence-electron chi connectivity index (χ2n) is 7.19. The van der Waals surface area contributed by atoms with E-state index in [4.69, 9.17) is 9.97 Å². The molecule has 3 N–H and O–H groups in total. The number of aromatic nitrogens is 3. The first-order chi connectivity index (χ1) is 13.2. The molecule has 27 heavy (non-hydrogen) atoms. The van der Waals surface area contributed by atoms with E-state index in [1.165, 1.54) is 0 Å². The van der Waals surface area contributed by atoms with Crippen molar-refractivity contribution in [1.29, 1.82) is 0 Å². The van der Waals surface area contributed by atoms with Gasteiger partial charge in [-0.05, 0) is 12.5 Å². The summed E-state index contributed by atoms with van der Waals surface area (Å²) in [6.45, 7) is 3.08. The van der Waals surface area contributed by atoms with Crippen molar-refractivity contribution in [1.82, 2.24) is 25.6 Å². The maximum atomic E-state index is 12.0. The summed E-state index contributed by atoms with van der Waals surface area (Å²) < 4.78 is 0. The molecule has 3 aromatic rings. The summed E-state index contributed by atoms with van der Waals surface area (Å²) in [5.41, 5.74) is 4.32. The molecule has 5 rings (SSSR count). The lowest BCUT2D eigenvalue weighted by atomic mass is 10.1. The maximum absolute atomic E-state index is 12.0. The molecule has 1 saturated heterocycles. The van der Waals surface area contributed by atoms with Crippen LogP contribution in [-0.2, 0) is 17.9 Å². The standard InChI is InChI=1S/C20H22N6O/c1-21-20(27)12-6-7-26(11-12)19-15-8-22-10-17(15)24-18(25-19)14-9-23-16-5-3-2-4-13(14)16/h2-5,9,12,22-23H,6-8,10-11H2,1H3,(H,21,27). The van der Waals surface area contributed by atoms with Crippen molar-refractivity contribution in [3.63, 3.8) is 0 Å². The number of H-pyrrole nitrogens is 1. The summed E-state index contributed by atoms with van der Waals surface area (Å²) in [6, 6.07) is 8.20. The smallest absolute Gasteiger partial charge is 0.224 e. The highest BCUT2D eigenvalue weighted by molar-refractivity contribution is 5.94. The fourth-order valence-electron chi connectivity index (χ4n) is 4.16.